The van der Waals surface area contributed by atoms with Gasteiger partial charge in [0.15, 0.2) is 0 Å². The Morgan fingerprint density at radius 3 is 2.83 bits per heavy atom. The minimum atomic E-state index is -0.285. The fraction of sp³-hybridized carbons (Fsp3) is 0.357. The van der Waals surface area contributed by atoms with E-state index < -0.39 is 0 Å². The molecule has 4 heteroatoms. The highest BCUT2D eigenvalue weighted by molar-refractivity contribution is 5.79. The predicted octanol–water partition coefficient (Wildman–Crippen LogP) is 1.96. The standard InChI is InChI=1S/C14H16N2O2/c17-14-12(16-11-5-7-15-8-6-11)9-10-3-1-2-4-13(10)18-14/h1-4,9,11,15-16H,5-8H2. The number of hydrogen-bond donors (Lipinski definition) is 2. The van der Waals surface area contributed by atoms with E-state index in [1.165, 1.54) is 0 Å². The van der Waals surface area contributed by atoms with Crippen LogP contribution in [0.5, 0.6) is 0 Å². The summed E-state index contributed by atoms with van der Waals surface area (Å²) in [6.45, 7) is 1.99. The first-order valence-corrected chi connectivity index (χ1v) is 6.33. The number of rotatable bonds is 2. The molecule has 0 unspecified atom stereocenters. The minimum Gasteiger partial charge on any atom is -0.421 e. The van der Waals surface area contributed by atoms with Crippen molar-refractivity contribution in [3.63, 3.8) is 0 Å². The molecule has 2 N–H and O–H groups in total. The third-order valence-electron chi connectivity index (χ3n) is 3.34. The molecule has 1 aromatic carbocycles. The van der Waals surface area contributed by atoms with E-state index in [0.29, 0.717) is 17.3 Å². The van der Waals surface area contributed by atoms with Gasteiger partial charge in [0, 0.05) is 11.4 Å². The lowest BCUT2D eigenvalue weighted by Gasteiger charge is -2.24. The first-order valence-electron chi connectivity index (χ1n) is 6.33. The Labute approximate surface area is 105 Å². The van der Waals surface area contributed by atoms with Crippen molar-refractivity contribution in [2.24, 2.45) is 0 Å². The number of piperidine rings is 1. The fourth-order valence-electron chi connectivity index (χ4n) is 2.35. The molecule has 1 aliphatic rings. The van der Waals surface area contributed by atoms with Crippen LogP contribution in [-0.2, 0) is 0 Å². The average Bonchev–Trinajstić information content (AvgIpc) is 2.41. The molecule has 2 heterocycles. The van der Waals surface area contributed by atoms with Crippen LogP contribution in [0.15, 0.2) is 39.5 Å². The van der Waals surface area contributed by atoms with Crippen molar-refractivity contribution in [3.8, 4) is 0 Å². The second-order valence-corrected chi connectivity index (χ2v) is 4.65. The predicted molar refractivity (Wildman–Crippen MR) is 72.0 cm³/mol. The van der Waals surface area contributed by atoms with Gasteiger partial charge in [-0.1, -0.05) is 18.2 Å². The van der Waals surface area contributed by atoms with E-state index in [1.807, 2.05) is 30.3 Å². The van der Waals surface area contributed by atoms with E-state index in [0.717, 1.165) is 31.3 Å². The average molecular weight is 244 g/mol. The quantitative estimate of drug-likeness (QED) is 0.793. The van der Waals surface area contributed by atoms with Gasteiger partial charge in [-0.2, -0.15) is 0 Å². The van der Waals surface area contributed by atoms with Gasteiger partial charge in [0.2, 0.25) is 0 Å². The van der Waals surface area contributed by atoms with E-state index in [-0.39, 0.29) is 5.63 Å². The lowest BCUT2D eigenvalue weighted by atomic mass is 10.1. The molecule has 1 fully saturated rings. The van der Waals surface area contributed by atoms with Crippen LogP contribution in [0.3, 0.4) is 0 Å². The number of para-hydroxylation sites is 1. The molecule has 4 nitrogen and oxygen atoms in total. The van der Waals surface area contributed by atoms with Crippen LogP contribution >= 0.6 is 0 Å². The maximum Gasteiger partial charge on any atom is 0.359 e. The van der Waals surface area contributed by atoms with Gasteiger partial charge < -0.3 is 15.1 Å². The van der Waals surface area contributed by atoms with Crippen LogP contribution in [0.2, 0.25) is 0 Å². The monoisotopic (exact) mass is 244 g/mol. The smallest absolute Gasteiger partial charge is 0.359 e. The second kappa shape index (κ2) is 4.82. The molecule has 0 saturated carbocycles. The molecule has 0 spiro atoms. The lowest BCUT2D eigenvalue weighted by molar-refractivity contribution is 0.476. The van der Waals surface area contributed by atoms with Crippen LogP contribution in [0.1, 0.15) is 12.8 Å². The molecule has 18 heavy (non-hydrogen) atoms. The maximum atomic E-state index is 11.9. The largest absolute Gasteiger partial charge is 0.421 e. The Bertz CT molecular complexity index is 600. The van der Waals surface area contributed by atoms with Crippen LogP contribution < -0.4 is 16.3 Å². The number of hydrogen-bond acceptors (Lipinski definition) is 4. The molecule has 2 aromatic rings. The summed E-state index contributed by atoms with van der Waals surface area (Å²) in [7, 11) is 0. The first kappa shape index (κ1) is 11.3. The third-order valence-corrected chi connectivity index (χ3v) is 3.34. The Balaban J connectivity index is 1.91. The van der Waals surface area contributed by atoms with Crippen LogP contribution in [0, 0.1) is 0 Å². The van der Waals surface area contributed by atoms with Gasteiger partial charge in [0.25, 0.3) is 0 Å². The molecule has 0 amide bonds. The van der Waals surface area contributed by atoms with E-state index in [1.54, 1.807) is 0 Å². The zero-order valence-electron chi connectivity index (χ0n) is 10.1. The molecule has 94 valence electrons. The van der Waals surface area contributed by atoms with E-state index in [2.05, 4.69) is 10.6 Å². The van der Waals surface area contributed by atoms with E-state index in [9.17, 15) is 4.79 Å². The van der Waals surface area contributed by atoms with Crippen molar-refractivity contribution >= 4 is 16.7 Å². The topological polar surface area (TPSA) is 54.3 Å². The molecule has 1 aromatic heterocycles. The molecule has 3 rings (SSSR count). The summed E-state index contributed by atoms with van der Waals surface area (Å²) in [6.07, 6.45) is 2.07. The minimum absolute atomic E-state index is 0.285. The highest BCUT2D eigenvalue weighted by Gasteiger charge is 2.14. The molecule has 0 aliphatic carbocycles. The summed E-state index contributed by atoms with van der Waals surface area (Å²) in [5.41, 5.74) is 0.922. The van der Waals surface area contributed by atoms with Gasteiger partial charge in [0.05, 0.1) is 0 Å². The Morgan fingerprint density at radius 2 is 2.00 bits per heavy atom. The zero-order chi connectivity index (χ0) is 12.4. The Kier molecular flexibility index (Phi) is 3.02. The van der Waals surface area contributed by atoms with Gasteiger partial charge in [-0.25, -0.2) is 4.79 Å². The number of nitrogens with one attached hydrogen (secondary N) is 2. The van der Waals surface area contributed by atoms with Gasteiger partial charge in [-0.15, -0.1) is 0 Å². The van der Waals surface area contributed by atoms with Crippen molar-refractivity contribution in [1.82, 2.24) is 5.32 Å². The van der Waals surface area contributed by atoms with E-state index in [4.69, 9.17) is 4.42 Å². The van der Waals surface area contributed by atoms with Crippen molar-refractivity contribution in [3.05, 3.63) is 40.8 Å². The number of fused-ring (bicyclic) bond motifs is 1. The molecule has 1 aliphatic heterocycles. The maximum absolute atomic E-state index is 11.9. The normalized spacial score (nSPS) is 16.9. The molecular formula is C14H16N2O2. The molecule has 0 radical (unpaired) electrons. The lowest BCUT2D eigenvalue weighted by Crippen LogP contribution is -2.36. The van der Waals surface area contributed by atoms with Crippen molar-refractivity contribution < 1.29 is 4.42 Å². The molecule has 1 saturated heterocycles. The molecule has 0 atom stereocenters. The van der Waals surface area contributed by atoms with Crippen LogP contribution in [-0.4, -0.2) is 19.1 Å². The number of benzene rings is 1. The summed E-state index contributed by atoms with van der Waals surface area (Å²) in [5.74, 6) is 0. The Hall–Kier alpha value is -1.81. The number of anilines is 1. The summed E-state index contributed by atoms with van der Waals surface area (Å²) in [5, 5.41) is 7.55. The Morgan fingerprint density at radius 1 is 1.22 bits per heavy atom. The summed E-state index contributed by atoms with van der Waals surface area (Å²) >= 11 is 0. The van der Waals surface area contributed by atoms with Crippen LogP contribution in [0.25, 0.3) is 11.0 Å². The van der Waals surface area contributed by atoms with Crippen molar-refractivity contribution in [1.29, 1.82) is 0 Å². The van der Waals surface area contributed by atoms with Gasteiger partial charge in [0.1, 0.15) is 11.3 Å². The summed E-state index contributed by atoms with van der Waals surface area (Å²) in [4.78, 5) is 11.9. The highest BCUT2D eigenvalue weighted by Crippen LogP contribution is 2.17. The van der Waals surface area contributed by atoms with Gasteiger partial charge >= 0.3 is 5.63 Å². The second-order valence-electron chi connectivity index (χ2n) is 4.65. The fourth-order valence-corrected chi connectivity index (χ4v) is 2.35. The van der Waals surface area contributed by atoms with E-state index >= 15 is 0 Å². The molecular weight excluding hydrogens is 228 g/mol. The zero-order valence-corrected chi connectivity index (χ0v) is 10.1. The summed E-state index contributed by atoms with van der Waals surface area (Å²) < 4.78 is 5.30. The summed E-state index contributed by atoms with van der Waals surface area (Å²) in [6, 6.07) is 9.80. The third kappa shape index (κ3) is 2.24. The highest BCUT2D eigenvalue weighted by atomic mass is 16.4. The SMILES string of the molecule is O=c1oc2ccccc2cc1NC1CCNCC1. The van der Waals surface area contributed by atoms with Gasteiger partial charge in [-0.3, -0.25) is 0 Å². The molecule has 0 bridgehead atoms. The van der Waals surface area contributed by atoms with Crippen molar-refractivity contribution in [2.75, 3.05) is 18.4 Å². The van der Waals surface area contributed by atoms with Crippen LogP contribution in [0.4, 0.5) is 5.69 Å². The van der Waals surface area contributed by atoms with Crippen molar-refractivity contribution in [2.45, 2.75) is 18.9 Å². The first-order chi connectivity index (χ1) is 8.83. The van der Waals surface area contributed by atoms with Gasteiger partial charge in [-0.05, 0) is 38.1 Å².